The van der Waals surface area contributed by atoms with Crippen LogP contribution in [0.5, 0.6) is 0 Å². The summed E-state index contributed by atoms with van der Waals surface area (Å²) in [5, 5.41) is 4.40. The zero-order valence-corrected chi connectivity index (χ0v) is 29.1. The van der Waals surface area contributed by atoms with Gasteiger partial charge in [0.05, 0.1) is 5.69 Å². The topological polar surface area (TPSA) is 29.5 Å². The summed E-state index contributed by atoms with van der Waals surface area (Å²) in [6, 6.07) is 65.0. The molecule has 0 radical (unpaired) electrons. The zero-order chi connectivity index (χ0) is 35.1. The minimum atomic E-state index is -0.537. The predicted octanol–water partition coefficient (Wildman–Crippen LogP) is 14.0. The van der Waals surface area contributed by atoms with E-state index in [1.165, 1.54) is 33.4 Å². The van der Waals surface area contributed by atoms with Crippen LogP contribution >= 0.6 is 0 Å². The lowest BCUT2D eigenvalue weighted by Crippen LogP contribution is -2.26. The molecule has 0 aliphatic heterocycles. The zero-order valence-electron chi connectivity index (χ0n) is 29.1. The average molecular weight is 680 g/mol. The van der Waals surface area contributed by atoms with Gasteiger partial charge in [0.2, 0.25) is 0 Å². The lowest BCUT2D eigenvalue weighted by Gasteiger charge is -2.35. The monoisotopic (exact) mass is 679 g/mol. The Morgan fingerprint density at radius 2 is 0.962 bits per heavy atom. The van der Waals surface area contributed by atoms with Gasteiger partial charge in [0.15, 0.2) is 0 Å². The molecule has 0 bridgehead atoms. The Labute approximate surface area is 307 Å². The highest BCUT2D eigenvalue weighted by Gasteiger charge is 2.45. The quantitative estimate of drug-likeness (QED) is 0.181. The number of fused-ring (bicyclic) bond motifs is 9. The number of furan rings is 2. The Bertz CT molecular complexity index is 2980. The predicted molar refractivity (Wildman–Crippen MR) is 219 cm³/mol. The van der Waals surface area contributed by atoms with Crippen molar-refractivity contribution in [1.82, 2.24) is 0 Å². The summed E-state index contributed by atoms with van der Waals surface area (Å²) in [5.74, 6) is 0. The molecule has 0 N–H and O–H groups in total. The molecule has 0 atom stereocenters. The Kier molecular flexibility index (Phi) is 6.38. The minimum Gasteiger partial charge on any atom is -0.456 e. The number of anilines is 3. The summed E-state index contributed by atoms with van der Waals surface area (Å²) in [5.41, 5.74) is 14.7. The first-order valence-electron chi connectivity index (χ1n) is 18.2. The van der Waals surface area contributed by atoms with Crippen molar-refractivity contribution in [3.8, 4) is 22.3 Å². The second kappa shape index (κ2) is 11.3. The first-order valence-corrected chi connectivity index (χ1v) is 18.2. The standard InChI is InChI=1S/C50H33NO2/c1-50(42-19-9-5-15-36(42)37-16-6-10-20-43(37)50)48-44(29-28-40-38-17-7-12-22-46(38)53-49(40)48)51(34-25-23-33(24-26-34)32-13-3-2-4-14-32)35-27-30-47-41(31-35)39-18-8-11-21-45(39)52-47/h2-31H,1H3. The number of nitrogens with zero attached hydrogens (tertiary/aromatic N) is 1. The molecular weight excluding hydrogens is 647 g/mol. The average Bonchev–Trinajstić information content (AvgIpc) is 3.87. The van der Waals surface area contributed by atoms with Gasteiger partial charge in [0, 0.05) is 43.9 Å². The smallest absolute Gasteiger partial charge is 0.141 e. The number of hydrogen-bond donors (Lipinski definition) is 0. The maximum Gasteiger partial charge on any atom is 0.141 e. The van der Waals surface area contributed by atoms with Crippen molar-refractivity contribution in [2.75, 3.05) is 4.90 Å². The molecule has 0 spiro atoms. The van der Waals surface area contributed by atoms with Crippen LogP contribution in [0.25, 0.3) is 66.1 Å². The van der Waals surface area contributed by atoms with Crippen molar-refractivity contribution < 1.29 is 8.83 Å². The van der Waals surface area contributed by atoms with Crippen LogP contribution in [0, 0.1) is 0 Å². The van der Waals surface area contributed by atoms with Gasteiger partial charge in [-0.25, -0.2) is 0 Å². The van der Waals surface area contributed by atoms with Crippen molar-refractivity contribution in [3.05, 3.63) is 199 Å². The Hall–Kier alpha value is -6.84. The SMILES string of the molecule is CC1(c2c(N(c3ccc(-c4ccccc4)cc3)c3ccc4oc5ccccc5c4c3)ccc3c2oc2ccccc23)c2ccccc2-c2ccccc21. The number of para-hydroxylation sites is 2. The Morgan fingerprint density at radius 3 is 1.68 bits per heavy atom. The van der Waals surface area contributed by atoms with E-state index in [1.54, 1.807) is 0 Å². The maximum atomic E-state index is 7.00. The van der Waals surface area contributed by atoms with Gasteiger partial charge in [-0.2, -0.15) is 0 Å². The number of benzene rings is 8. The summed E-state index contributed by atoms with van der Waals surface area (Å²) < 4.78 is 13.3. The number of hydrogen-bond acceptors (Lipinski definition) is 3. The van der Waals surface area contributed by atoms with Crippen LogP contribution in [-0.4, -0.2) is 0 Å². The molecule has 53 heavy (non-hydrogen) atoms. The fraction of sp³-hybridized carbons (Fsp3) is 0.0400. The lowest BCUT2D eigenvalue weighted by atomic mass is 9.72. The minimum absolute atomic E-state index is 0.537. The lowest BCUT2D eigenvalue weighted by molar-refractivity contribution is 0.638. The molecule has 0 unspecified atom stereocenters. The summed E-state index contributed by atoms with van der Waals surface area (Å²) in [6.45, 7) is 2.38. The van der Waals surface area contributed by atoms with Crippen LogP contribution < -0.4 is 4.90 Å². The largest absolute Gasteiger partial charge is 0.456 e. The van der Waals surface area contributed by atoms with Crippen LogP contribution in [-0.2, 0) is 5.41 Å². The van der Waals surface area contributed by atoms with Gasteiger partial charge >= 0.3 is 0 Å². The molecule has 3 nitrogen and oxygen atoms in total. The van der Waals surface area contributed by atoms with E-state index in [1.807, 2.05) is 12.1 Å². The van der Waals surface area contributed by atoms with Crippen molar-refractivity contribution in [2.45, 2.75) is 12.3 Å². The van der Waals surface area contributed by atoms with Crippen LogP contribution in [0.4, 0.5) is 17.1 Å². The van der Waals surface area contributed by atoms with Gasteiger partial charge in [-0.3, -0.25) is 0 Å². The summed E-state index contributed by atoms with van der Waals surface area (Å²) in [6.07, 6.45) is 0. The first-order chi connectivity index (χ1) is 26.2. The normalized spacial score (nSPS) is 13.2. The van der Waals surface area contributed by atoms with E-state index in [9.17, 15) is 0 Å². The molecule has 0 fully saturated rings. The maximum absolute atomic E-state index is 7.00. The van der Waals surface area contributed by atoms with E-state index in [4.69, 9.17) is 8.83 Å². The van der Waals surface area contributed by atoms with Crippen molar-refractivity contribution in [1.29, 1.82) is 0 Å². The van der Waals surface area contributed by atoms with Gasteiger partial charge in [0.25, 0.3) is 0 Å². The van der Waals surface area contributed by atoms with Gasteiger partial charge in [0.1, 0.15) is 22.3 Å². The van der Waals surface area contributed by atoms with E-state index < -0.39 is 5.41 Å². The van der Waals surface area contributed by atoms with Crippen LogP contribution in [0.15, 0.2) is 191 Å². The molecule has 8 aromatic carbocycles. The van der Waals surface area contributed by atoms with Gasteiger partial charge in [-0.1, -0.05) is 127 Å². The van der Waals surface area contributed by atoms with E-state index >= 15 is 0 Å². The van der Waals surface area contributed by atoms with Crippen LogP contribution in [0.2, 0.25) is 0 Å². The molecule has 2 heterocycles. The third kappa shape index (κ3) is 4.34. The molecule has 0 amide bonds. The van der Waals surface area contributed by atoms with Gasteiger partial charge in [-0.05, 0) is 94.9 Å². The van der Waals surface area contributed by atoms with Crippen LogP contribution in [0.1, 0.15) is 23.6 Å². The van der Waals surface area contributed by atoms with Crippen molar-refractivity contribution >= 4 is 60.9 Å². The highest BCUT2D eigenvalue weighted by Crippen LogP contribution is 2.57. The van der Waals surface area contributed by atoms with E-state index in [2.05, 4.69) is 182 Å². The second-order valence-electron chi connectivity index (χ2n) is 14.2. The Morgan fingerprint density at radius 1 is 0.415 bits per heavy atom. The number of rotatable bonds is 5. The highest BCUT2D eigenvalue weighted by molar-refractivity contribution is 6.10. The summed E-state index contributed by atoms with van der Waals surface area (Å²) in [7, 11) is 0. The third-order valence-electron chi connectivity index (χ3n) is 11.3. The van der Waals surface area contributed by atoms with E-state index in [-0.39, 0.29) is 0 Å². The third-order valence-corrected chi connectivity index (χ3v) is 11.3. The van der Waals surface area contributed by atoms with Gasteiger partial charge in [-0.15, -0.1) is 0 Å². The van der Waals surface area contributed by atoms with E-state index in [0.29, 0.717) is 0 Å². The molecule has 2 aromatic heterocycles. The molecule has 0 saturated carbocycles. The molecule has 0 saturated heterocycles. The van der Waals surface area contributed by atoms with Crippen molar-refractivity contribution in [2.24, 2.45) is 0 Å². The molecule has 250 valence electrons. The summed E-state index contributed by atoms with van der Waals surface area (Å²) >= 11 is 0. The Balaban J connectivity index is 1.24. The van der Waals surface area contributed by atoms with E-state index in [0.717, 1.165) is 66.5 Å². The van der Waals surface area contributed by atoms with Crippen LogP contribution in [0.3, 0.4) is 0 Å². The highest BCUT2D eigenvalue weighted by atomic mass is 16.3. The van der Waals surface area contributed by atoms with Crippen molar-refractivity contribution in [3.63, 3.8) is 0 Å². The molecule has 10 aromatic rings. The molecule has 11 rings (SSSR count). The fourth-order valence-electron chi connectivity index (χ4n) is 8.88. The second-order valence-corrected chi connectivity index (χ2v) is 14.2. The molecule has 1 aliphatic rings. The first kappa shape index (κ1) is 29.8. The van der Waals surface area contributed by atoms with Gasteiger partial charge < -0.3 is 13.7 Å². The molecule has 3 heteroatoms. The molecule has 1 aliphatic carbocycles. The fourth-order valence-corrected chi connectivity index (χ4v) is 8.88. The molecular formula is C50H33NO2. The summed E-state index contributed by atoms with van der Waals surface area (Å²) in [4.78, 5) is 2.41.